The third-order valence-electron chi connectivity index (χ3n) is 3.87. The van der Waals surface area contributed by atoms with Crippen molar-refractivity contribution in [3.63, 3.8) is 0 Å². The summed E-state index contributed by atoms with van der Waals surface area (Å²) in [4.78, 5) is 3.25. The molecule has 0 saturated heterocycles. The zero-order valence-electron chi connectivity index (χ0n) is 12.4. The maximum Gasteiger partial charge on any atom is 0.123 e. The summed E-state index contributed by atoms with van der Waals surface area (Å²) >= 11 is 0. The molecule has 114 valence electrons. The molecule has 1 heterocycles. The van der Waals surface area contributed by atoms with E-state index in [4.69, 9.17) is 0 Å². The molecule has 0 spiro atoms. The molecule has 0 bridgehead atoms. The molecule has 0 aliphatic rings. The van der Waals surface area contributed by atoms with Crippen LogP contribution in [0, 0.1) is 5.82 Å². The number of aliphatic hydroxyl groups is 1. The van der Waals surface area contributed by atoms with Gasteiger partial charge in [0, 0.05) is 29.2 Å². The number of hydrogen-bond donors (Lipinski definition) is 3. The van der Waals surface area contributed by atoms with E-state index in [1.165, 1.54) is 12.1 Å². The Morgan fingerprint density at radius 2 is 1.91 bits per heavy atom. The van der Waals surface area contributed by atoms with Crippen LogP contribution in [-0.4, -0.2) is 16.1 Å². The van der Waals surface area contributed by atoms with Gasteiger partial charge in [-0.1, -0.05) is 30.3 Å². The first-order valence-corrected chi connectivity index (χ1v) is 7.37. The summed E-state index contributed by atoms with van der Waals surface area (Å²) in [5.74, 6) is -0.237. The smallest absolute Gasteiger partial charge is 0.123 e. The summed E-state index contributed by atoms with van der Waals surface area (Å²) in [6.07, 6.45) is -0.567. The summed E-state index contributed by atoms with van der Waals surface area (Å²) in [5.41, 5.74) is 2.77. The van der Waals surface area contributed by atoms with Gasteiger partial charge in [-0.3, -0.25) is 0 Å². The van der Waals surface area contributed by atoms with Crippen molar-refractivity contribution >= 4 is 10.9 Å². The van der Waals surface area contributed by atoms with E-state index >= 15 is 0 Å². The zero-order chi connectivity index (χ0) is 15.5. The van der Waals surface area contributed by atoms with Gasteiger partial charge in [-0.05, 0) is 36.8 Å². The first kappa shape index (κ1) is 14.8. The van der Waals surface area contributed by atoms with Crippen LogP contribution in [0.4, 0.5) is 4.39 Å². The number of nitrogens with one attached hydrogen (secondary N) is 2. The molecule has 2 atom stereocenters. The highest BCUT2D eigenvalue weighted by Crippen LogP contribution is 2.19. The second-order valence-corrected chi connectivity index (χ2v) is 5.55. The van der Waals surface area contributed by atoms with Crippen molar-refractivity contribution in [2.75, 3.05) is 0 Å². The molecular weight excluding hydrogens is 279 g/mol. The Labute approximate surface area is 128 Å². The van der Waals surface area contributed by atoms with Crippen molar-refractivity contribution in [2.45, 2.75) is 25.6 Å². The Bertz CT molecular complexity index is 754. The number of aromatic nitrogens is 1. The fraction of sp³-hybridized carbons (Fsp3) is 0.222. The number of benzene rings is 2. The lowest BCUT2D eigenvalue weighted by molar-refractivity contribution is 0.135. The predicted octanol–water partition coefficient (Wildman–Crippen LogP) is 3.52. The largest absolute Gasteiger partial charge is 0.387 e. The van der Waals surface area contributed by atoms with Crippen LogP contribution in [0.25, 0.3) is 10.9 Å². The van der Waals surface area contributed by atoms with Gasteiger partial charge >= 0.3 is 0 Å². The van der Waals surface area contributed by atoms with E-state index in [9.17, 15) is 9.50 Å². The Balaban J connectivity index is 1.65. The summed E-state index contributed by atoms with van der Waals surface area (Å²) in [7, 11) is 0. The number of aromatic amines is 1. The molecule has 0 saturated carbocycles. The molecule has 3 rings (SSSR count). The highest BCUT2D eigenvalue weighted by atomic mass is 19.1. The highest BCUT2D eigenvalue weighted by molar-refractivity contribution is 5.80. The van der Waals surface area contributed by atoms with Crippen LogP contribution in [-0.2, 0) is 6.54 Å². The predicted molar refractivity (Wildman–Crippen MR) is 86.0 cm³/mol. The molecule has 2 aromatic carbocycles. The molecule has 3 aromatic rings. The highest BCUT2D eigenvalue weighted by Gasteiger charge is 2.15. The van der Waals surface area contributed by atoms with Crippen molar-refractivity contribution in [1.29, 1.82) is 0 Å². The Kier molecular flexibility index (Phi) is 4.22. The molecule has 0 radical (unpaired) electrons. The minimum absolute atomic E-state index is 0.0921. The molecule has 3 N–H and O–H groups in total. The fourth-order valence-corrected chi connectivity index (χ4v) is 2.58. The number of hydrogen-bond acceptors (Lipinski definition) is 2. The van der Waals surface area contributed by atoms with Crippen LogP contribution in [0.5, 0.6) is 0 Å². The number of H-pyrrole nitrogens is 1. The molecule has 3 nitrogen and oxygen atoms in total. The first-order valence-electron chi connectivity index (χ1n) is 7.37. The third kappa shape index (κ3) is 3.18. The summed E-state index contributed by atoms with van der Waals surface area (Å²) in [6, 6.07) is 16.1. The number of aliphatic hydroxyl groups excluding tert-OH is 1. The summed E-state index contributed by atoms with van der Waals surface area (Å²) < 4.78 is 13.2. The molecule has 1 aromatic heterocycles. The van der Waals surface area contributed by atoms with Crippen molar-refractivity contribution in [3.8, 4) is 0 Å². The topological polar surface area (TPSA) is 48.0 Å². The monoisotopic (exact) mass is 298 g/mol. The Morgan fingerprint density at radius 3 is 2.68 bits per heavy atom. The van der Waals surface area contributed by atoms with E-state index in [2.05, 4.69) is 10.3 Å². The van der Waals surface area contributed by atoms with Gasteiger partial charge in [0.1, 0.15) is 5.82 Å². The van der Waals surface area contributed by atoms with Crippen LogP contribution in [0.3, 0.4) is 0 Å². The fourth-order valence-electron chi connectivity index (χ4n) is 2.58. The lowest BCUT2D eigenvalue weighted by Gasteiger charge is -2.20. The molecule has 0 fully saturated rings. The van der Waals surface area contributed by atoms with Gasteiger partial charge < -0.3 is 15.4 Å². The molecular formula is C18H19FN2O. The average Bonchev–Trinajstić information content (AvgIpc) is 2.94. The van der Waals surface area contributed by atoms with Crippen LogP contribution in [0.1, 0.15) is 24.3 Å². The van der Waals surface area contributed by atoms with Gasteiger partial charge in [0.2, 0.25) is 0 Å². The van der Waals surface area contributed by atoms with E-state index in [-0.39, 0.29) is 11.9 Å². The molecule has 22 heavy (non-hydrogen) atoms. The SMILES string of the molecule is C[C@H](NCc1cc2cc(F)ccc2[nH]1)[C@@H](O)c1ccccc1. The van der Waals surface area contributed by atoms with Gasteiger partial charge in [0.25, 0.3) is 0 Å². The number of rotatable bonds is 5. The van der Waals surface area contributed by atoms with Gasteiger partial charge in [0.15, 0.2) is 0 Å². The second kappa shape index (κ2) is 6.30. The maximum atomic E-state index is 13.2. The third-order valence-corrected chi connectivity index (χ3v) is 3.87. The Hall–Kier alpha value is -2.17. The lowest BCUT2D eigenvalue weighted by Crippen LogP contribution is -2.31. The first-order chi connectivity index (χ1) is 10.6. The molecule has 4 heteroatoms. The molecule has 0 unspecified atom stereocenters. The van der Waals surface area contributed by atoms with E-state index in [1.54, 1.807) is 6.07 Å². The Morgan fingerprint density at radius 1 is 1.14 bits per heavy atom. The number of fused-ring (bicyclic) bond motifs is 1. The quantitative estimate of drug-likeness (QED) is 0.675. The summed E-state index contributed by atoms with van der Waals surface area (Å²) in [6.45, 7) is 2.53. The average molecular weight is 298 g/mol. The van der Waals surface area contributed by atoms with Gasteiger partial charge in [-0.15, -0.1) is 0 Å². The van der Waals surface area contributed by atoms with Gasteiger partial charge in [-0.2, -0.15) is 0 Å². The van der Waals surface area contributed by atoms with E-state index in [0.717, 1.165) is 22.2 Å². The van der Waals surface area contributed by atoms with E-state index in [1.807, 2.05) is 43.3 Å². The molecule has 0 amide bonds. The zero-order valence-corrected chi connectivity index (χ0v) is 12.4. The minimum Gasteiger partial charge on any atom is -0.387 e. The lowest BCUT2D eigenvalue weighted by atomic mass is 10.0. The van der Waals surface area contributed by atoms with Crippen LogP contribution >= 0.6 is 0 Å². The normalized spacial score (nSPS) is 14.1. The van der Waals surface area contributed by atoms with Crippen molar-refractivity contribution in [2.24, 2.45) is 0 Å². The van der Waals surface area contributed by atoms with Crippen molar-refractivity contribution in [1.82, 2.24) is 10.3 Å². The van der Waals surface area contributed by atoms with Crippen LogP contribution in [0.2, 0.25) is 0 Å². The van der Waals surface area contributed by atoms with Crippen molar-refractivity contribution < 1.29 is 9.50 Å². The van der Waals surface area contributed by atoms with Gasteiger partial charge in [0.05, 0.1) is 6.10 Å². The standard InChI is InChI=1S/C18H19FN2O/c1-12(18(22)13-5-3-2-4-6-13)20-11-16-10-14-9-15(19)7-8-17(14)21-16/h2-10,12,18,20-22H,11H2,1H3/t12-,18+/m0/s1. The van der Waals surface area contributed by atoms with Crippen LogP contribution in [0.15, 0.2) is 54.6 Å². The summed E-state index contributed by atoms with van der Waals surface area (Å²) in [5, 5.41) is 14.5. The number of halogens is 1. The van der Waals surface area contributed by atoms with E-state index in [0.29, 0.717) is 6.54 Å². The maximum absolute atomic E-state index is 13.2. The van der Waals surface area contributed by atoms with Crippen molar-refractivity contribution in [3.05, 3.63) is 71.7 Å². The van der Waals surface area contributed by atoms with Gasteiger partial charge in [-0.25, -0.2) is 4.39 Å². The molecule has 0 aliphatic heterocycles. The minimum atomic E-state index is -0.567. The van der Waals surface area contributed by atoms with Crippen LogP contribution < -0.4 is 5.32 Å². The second-order valence-electron chi connectivity index (χ2n) is 5.55. The molecule has 0 aliphatic carbocycles. The van der Waals surface area contributed by atoms with E-state index < -0.39 is 6.10 Å².